The third-order valence-corrected chi connectivity index (χ3v) is 12.7. The summed E-state index contributed by atoms with van der Waals surface area (Å²) in [4.78, 5) is 107. The van der Waals surface area contributed by atoms with Crippen LogP contribution in [0.5, 0.6) is 5.75 Å². The molecule has 0 bridgehead atoms. The van der Waals surface area contributed by atoms with E-state index in [1.165, 1.54) is 13.2 Å². The molecule has 0 radical (unpaired) electrons. The van der Waals surface area contributed by atoms with Gasteiger partial charge in [0.05, 0.1) is 76.3 Å². The summed E-state index contributed by atoms with van der Waals surface area (Å²) in [6, 6.07) is 11.5. The summed E-state index contributed by atoms with van der Waals surface area (Å²) in [7, 11) is 1.49. The van der Waals surface area contributed by atoms with E-state index in [0.717, 1.165) is 11.1 Å². The van der Waals surface area contributed by atoms with Gasteiger partial charge in [-0.15, -0.1) is 5.06 Å². The van der Waals surface area contributed by atoms with E-state index in [9.17, 15) is 38.4 Å². The molecule has 22 heteroatoms. The second-order valence-corrected chi connectivity index (χ2v) is 20.0. The highest BCUT2D eigenvalue weighted by molar-refractivity contribution is 6.32. The number of esters is 3. The van der Waals surface area contributed by atoms with E-state index >= 15 is 0 Å². The van der Waals surface area contributed by atoms with Gasteiger partial charge in [-0.25, -0.2) is 9.59 Å². The summed E-state index contributed by atoms with van der Waals surface area (Å²) in [5.74, 6) is -4.67. The Hall–Kier alpha value is -5.97. The van der Waals surface area contributed by atoms with Crippen molar-refractivity contribution in [3.05, 3.63) is 76.3 Å². The van der Waals surface area contributed by atoms with Gasteiger partial charge in [-0.2, -0.15) is 0 Å². The maximum Gasteiger partial charge on any atom is 0.347 e. The summed E-state index contributed by atoms with van der Waals surface area (Å²) in [6.07, 6.45) is 1.11. The molecule has 76 heavy (non-hydrogen) atoms. The van der Waals surface area contributed by atoms with Crippen LogP contribution < -0.4 is 15.4 Å². The van der Waals surface area contributed by atoms with Crippen molar-refractivity contribution in [2.45, 2.75) is 123 Å². The topological polar surface area (TPSA) is 259 Å². The average Bonchev–Trinajstić information content (AvgIpc) is 4.13. The third-order valence-electron chi connectivity index (χ3n) is 12.4. The van der Waals surface area contributed by atoms with Gasteiger partial charge in [0.1, 0.15) is 30.6 Å². The van der Waals surface area contributed by atoms with Crippen LogP contribution in [0.15, 0.2) is 54.6 Å². The lowest BCUT2D eigenvalue weighted by Gasteiger charge is -2.29. The van der Waals surface area contributed by atoms with Gasteiger partial charge < -0.3 is 58.1 Å². The van der Waals surface area contributed by atoms with E-state index in [1.54, 1.807) is 38.1 Å². The molecule has 418 valence electrons. The quantitative estimate of drug-likeness (QED) is 0.0392. The van der Waals surface area contributed by atoms with E-state index in [4.69, 9.17) is 59.1 Å². The Morgan fingerprint density at radius 3 is 2.07 bits per heavy atom. The first-order chi connectivity index (χ1) is 36.3. The zero-order valence-corrected chi connectivity index (χ0v) is 44.9. The van der Waals surface area contributed by atoms with Gasteiger partial charge >= 0.3 is 23.9 Å². The van der Waals surface area contributed by atoms with Gasteiger partial charge in [-0.1, -0.05) is 68.8 Å². The zero-order valence-electron chi connectivity index (χ0n) is 44.1. The van der Waals surface area contributed by atoms with Crippen LogP contribution in [0.1, 0.15) is 102 Å². The second kappa shape index (κ2) is 30.7. The van der Waals surface area contributed by atoms with Gasteiger partial charge in [-0.05, 0) is 67.5 Å². The number of hydrogen-bond acceptors (Lipinski definition) is 18. The van der Waals surface area contributed by atoms with E-state index in [1.807, 2.05) is 45.0 Å². The van der Waals surface area contributed by atoms with Crippen LogP contribution in [0.25, 0.3) is 0 Å². The summed E-state index contributed by atoms with van der Waals surface area (Å²) >= 11 is 6.37. The molecule has 21 nitrogen and oxygen atoms in total. The molecule has 2 saturated heterocycles. The van der Waals surface area contributed by atoms with Crippen LogP contribution in [-0.2, 0) is 94.1 Å². The Bertz CT molecular complexity index is 2310. The Morgan fingerprint density at radius 1 is 0.803 bits per heavy atom. The number of halogens is 1. The number of ether oxygens (including phenoxy) is 9. The fourth-order valence-corrected chi connectivity index (χ4v) is 8.18. The van der Waals surface area contributed by atoms with Gasteiger partial charge in [0.25, 0.3) is 11.8 Å². The number of carbonyl (C=O) groups is 8. The number of hydroxylamine groups is 2. The van der Waals surface area contributed by atoms with Crippen molar-refractivity contribution in [2.75, 3.05) is 66.5 Å². The van der Waals surface area contributed by atoms with Crippen molar-refractivity contribution < 1.29 is 85.8 Å². The summed E-state index contributed by atoms with van der Waals surface area (Å²) in [5.41, 5.74) is 1.04. The molecule has 0 saturated carbocycles. The van der Waals surface area contributed by atoms with E-state index in [-0.39, 0.29) is 108 Å². The van der Waals surface area contributed by atoms with E-state index in [2.05, 4.69) is 10.6 Å². The Balaban J connectivity index is 1.02. The monoisotopic (exact) mass is 1090 g/mol. The van der Waals surface area contributed by atoms with Crippen molar-refractivity contribution in [1.82, 2.24) is 15.7 Å². The van der Waals surface area contributed by atoms with Gasteiger partial charge in [-0.3, -0.25) is 28.8 Å². The lowest BCUT2D eigenvalue weighted by atomic mass is 9.92. The minimum absolute atomic E-state index is 0.0305. The predicted molar refractivity (Wildman–Crippen MR) is 271 cm³/mol. The molecule has 2 fully saturated rings. The number of epoxide rings is 1. The lowest BCUT2D eigenvalue weighted by molar-refractivity contribution is -0.198. The van der Waals surface area contributed by atoms with Crippen molar-refractivity contribution in [1.29, 1.82) is 0 Å². The van der Waals surface area contributed by atoms with Crippen molar-refractivity contribution >= 4 is 59.1 Å². The van der Waals surface area contributed by atoms with Gasteiger partial charge in [0, 0.05) is 51.2 Å². The molecule has 5 rings (SSSR count). The molecule has 6 atom stereocenters. The number of amides is 4. The molecule has 2 aromatic rings. The molecule has 3 aliphatic heterocycles. The maximum absolute atomic E-state index is 13.9. The molecular weight excluding hydrogens is 1010 g/mol. The molecule has 0 aliphatic carbocycles. The highest BCUT2D eigenvalue weighted by Crippen LogP contribution is 2.45. The van der Waals surface area contributed by atoms with E-state index < -0.39 is 65.2 Å². The second-order valence-electron chi connectivity index (χ2n) is 19.6. The standard InChI is InChI=1S/C54H72ClN3O18/c1-34(2)29-43-52(65)73-41(9-7-10-44(59)57-40(31-37-14-17-42(67-6)39(55)30-37)51(64)56-33-54(4,5)53(66)74-43)35(3)49-50(75-49)38-15-12-36(13-16-38)32-72-47(62)11-8-21-68-23-25-70-27-28-71-26-24-69-22-20-48(63)76-58-45(60)18-19-46(58)61/h7,10,12-17,30,34-35,40-41,43,49-50H,8-9,11,18-29,31-33H2,1-6H3,(H,56,64)(H,57,59)/b10-7+/t35-,40+,41-,43-,49-,50-/m0/s1. The third kappa shape index (κ3) is 20.2. The number of rotatable bonds is 27. The van der Waals surface area contributed by atoms with Crippen LogP contribution in [0.2, 0.25) is 5.02 Å². The minimum Gasteiger partial charge on any atom is -0.495 e. The fourth-order valence-electron chi connectivity index (χ4n) is 7.90. The van der Waals surface area contributed by atoms with Gasteiger partial charge in [0.15, 0.2) is 6.10 Å². The zero-order chi connectivity index (χ0) is 55.2. The van der Waals surface area contributed by atoms with Crippen molar-refractivity contribution in [3.63, 3.8) is 0 Å². The first-order valence-electron chi connectivity index (χ1n) is 25.6. The molecule has 0 spiro atoms. The number of nitrogens with one attached hydrogen (secondary N) is 2. The Labute approximate surface area is 448 Å². The maximum atomic E-state index is 13.9. The SMILES string of the molecule is COc1ccc(C[C@H]2NC(=O)/C=C/C[C@@H]([C@H](C)[C@@H]3O[C@H]3c3ccc(COC(=O)CCCOCCOCCOCCOCCC(=O)ON4C(=O)CCC4=O)cc3)OC(=O)[C@H](CC(C)C)OC(=O)C(C)(C)CNC2=O)cc1Cl. The van der Waals surface area contributed by atoms with Crippen LogP contribution in [-0.4, -0.2) is 143 Å². The van der Waals surface area contributed by atoms with Crippen LogP contribution in [0.3, 0.4) is 0 Å². The molecule has 2 aromatic carbocycles. The number of imide groups is 1. The largest absolute Gasteiger partial charge is 0.495 e. The smallest absolute Gasteiger partial charge is 0.347 e. The Kier molecular flexibility index (Phi) is 24.6. The highest BCUT2D eigenvalue weighted by Gasteiger charge is 2.48. The molecule has 2 N–H and O–H groups in total. The minimum atomic E-state index is -1.26. The molecule has 3 heterocycles. The molecule has 3 aliphatic rings. The van der Waals surface area contributed by atoms with Crippen LogP contribution in [0.4, 0.5) is 0 Å². The first-order valence-corrected chi connectivity index (χ1v) is 26.0. The Morgan fingerprint density at radius 2 is 1.43 bits per heavy atom. The number of methoxy groups -OCH3 is 1. The lowest BCUT2D eigenvalue weighted by Crippen LogP contribution is -2.51. The number of benzene rings is 2. The number of cyclic esters (lactones) is 2. The average molecular weight is 1090 g/mol. The molecule has 4 amide bonds. The number of carbonyl (C=O) groups excluding carboxylic acids is 8. The van der Waals surface area contributed by atoms with Crippen molar-refractivity contribution in [2.24, 2.45) is 17.3 Å². The number of hydrogen-bond donors (Lipinski definition) is 2. The predicted octanol–water partition coefficient (Wildman–Crippen LogP) is 5.01. The van der Waals surface area contributed by atoms with E-state index in [0.29, 0.717) is 60.9 Å². The van der Waals surface area contributed by atoms with Crippen LogP contribution >= 0.6 is 11.6 Å². The summed E-state index contributed by atoms with van der Waals surface area (Å²) in [5, 5.41) is 6.37. The molecular formula is C54H72ClN3O18. The van der Waals surface area contributed by atoms with Gasteiger partial charge in [0.2, 0.25) is 11.8 Å². The normalized spacial score (nSPS) is 22.1. The molecule has 0 unspecified atom stereocenters. The van der Waals surface area contributed by atoms with Crippen molar-refractivity contribution in [3.8, 4) is 5.75 Å². The highest BCUT2D eigenvalue weighted by atomic mass is 35.5. The molecule has 0 aromatic heterocycles. The summed E-state index contributed by atoms with van der Waals surface area (Å²) < 4.78 is 50.6. The summed E-state index contributed by atoms with van der Waals surface area (Å²) in [6.45, 7) is 11.0. The fraction of sp³-hybridized carbons (Fsp3) is 0.593. The van der Waals surface area contributed by atoms with Crippen LogP contribution in [0, 0.1) is 17.3 Å². The first kappa shape index (κ1) is 60.9. The number of nitrogens with zero attached hydrogens (tertiary/aromatic N) is 1.